The van der Waals surface area contributed by atoms with Crippen LogP contribution in [0.3, 0.4) is 0 Å². The molecule has 222 valence electrons. The summed E-state index contributed by atoms with van der Waals surface area (Å²) >= 11 is 0. The molecule has 3 N–H and O–H groups in total. The molecule has 10 nitrogen and oxygen atoms in total. The van der Waals surface area contributed by atoms with Crippen molar-refractivity contribution in [3.05, 3.63) is 64.3 Å². The zero-order chi connectivity index (χ0) is 29.9. The second-order valence-corrected chi connectivity index (χ2v) is 12.8. The molecular weight excluding hydrogens is 559 g/mol. The first-order chi connectivity index (χ1) is 19.1. The topological polar surface area (TPSA) is 112 Å². The van der Waals surface area contributed by atoms with Crippen molar-refractivity contribution in [2.45, 2.75) is 78.0 Å². The fourth-order valence-corrected chi connectivity index (χ4v) is 6.47. The summed E-state index contributed by atoms with van der Waals surface area (Å²) < 4.78 is 64.7. The van der Waals surface area contributed by atoms with Gasteiger partial charge in [-0.2, -0.15) is 22.6 Å². The van der Waals surface area contributed by atoms with Gasteiger partial charge in [0.2, 0.25) is 0 Å². The molecule has 1 amide bonds. The third-order valence-corrected chi connectivity index (χ3v) is 9.48. The lowest BCUT2D eigenvalue weighted by Gasteiger charge is -2.43. The molecule has 0 fully saturated rings. The average Bonchev–Trinajstić information content (AvgIpc) is 3.44. The summed E-state index contributed by atoms with van der Waals surface area (Å²) in [5.74, 6) is -0.785. The van der Waals surface area contributed by atoms with Crippen LogP contribution < -0.4 is 16.0 Å². The molecule has 2 aromatic rings. The summed E-state index contributed by atoms with van der Waals surface area (Å²) in [6.45, 7) is 9.61. The number of nitrogens with zero attached hydrogens (tertiary/aromatic N) is 4. The van der Waals surface area contributed by atoms with Crippen LogP contribution in [-0.4, -0.2) is 57.2 Å². The smallest absolute Gasteiger partial charge is 0.352 e. The van der Waals surface area contributed by atoms with Crippen molar-refractivity contribution in [2.24, 2.45) is 0 Å². The van der Waals surface area contributed by atoms with Gasteiger partial charge in [0, 0.05) is 36.6 Å². The highest BCUT2D eigenvalue weighted by molar-refractivity contribution is 7.89. The van der Waals surface area contributed by atoms with Crippen molar-refractivity contribution in [1.29, 1.82) is 0 Å². The van der Waals surface area contributed by atoms with Gasteiger partial charge in [-0.1, -0.05) is 25.1 Å². The Balaban J connectivity index is 1.30. The highest BCUT2D eigenvalue weighted by Gasteiger charge is 2.50. The molecule has 0 aliphatic carbocycles. The van der Waals surface area contributed by atoms with E-state index in [1.165, 1.54) is 0 Å². The fraction of sp³-hybridized carbons (Fsp3) is 0.481. The molecule has 1 aromatic heterocycles. The number of sulfonamides is 1. The fourth-order valence-electron chi connectivity index (χ4n) is 5.55. The van der Waals surface area contributed by atoms with E-state index in [9.17, 15) is 26.4 Å². The summed E-state index contributed by atoms with van der Waals surface area (Å²) in [5.41, 5.74) is 0.641. The van der Waals surface area contributed by atoms with E-state index in [0.29, 0.717) is 34.4 Å². The number of nitrogens with one attached hydrogen (secondary N) is 3. The Hall–Kier alpha value is -3.36. The number of aromatic nitrogens is 2. The Morgan fingerprint density at radius 1 is 1.22 bits per heavy atom. The molecule has 2 atom stereocenters. The Labute approximate surface area is 237 Å². The lowest BCUT2D eigenvalue weighted by Crippen LogP contribution is -2.64. The molecule has 0 spiro atoms. The predicted octanol–water partition coefficient (Wildman–Crippen LogP) is 3.24. The van der Waals surface area contributed by atoms with Gasteiger partial charge in [0.15, 0.2) is 5.79 Å². The van der Waals surface area contributed by atoms with Crippen molar-refractivity contribution < 1.29 is 26.4 Å². The number of aryl methyl sites for hydroxylation is 1. The number of halogens is 3. The molecule has 2 unspecified atom stereocenters. The molecule has 0 bridgehead atoms. The van der Waals surface area contributed by atoms with Gasteiger partial charge in [-0.05, 0) is 56.9 Å². The summed E-state index contributed by atoms with van der Waals surface area (Å²) in [5, 5.41) is 14.5. The lowest BCUT2D eigenvalue weighted by atomic mass is 10.0. The zero-order valence-corrected chi connectivity index (χ0v) is 24.4. The zero-order valence-electron chi connectivity index (χ0n) is 23.6. The van der Waals surface area contributed by atoms with E-state index < -0.39 is 27.9 Å². The largest absolute Gasteiger partial charge is 0.511 e. The van der Waals surface area contributed by atoms with Crippen molar-refractivity contribution in [3.63, 3.8) is 0 Å². The molecule has 5 rings (SSSR count). The Morgan fingerprint density at radius 2 is 1.95 bits per heavy atom. The van der Waals surface area contributed by atoms with Gasteiger partial charge in [-0.25, -0.2) is 8.42 Å². The quantitative estimate of drug-likeness (QED) is 0.472. The van der Waals surface area contributed by atoms with E-state index in [0.717, 1.165) is 28.0 Å². The van der Waals surface area contributed by atoms with Gasteiger partial charge >= 0.3 is 15.5 Å². The van der Waals surface area contributed by atoms with E-state index in [2.05, 4.69) is 28.0 Å². The van der Waals surface area contributed by atoms with Gasteiger partial charge in [0.05, 0.1) is 24.5 Å². The maximum atomic E-state index is 13.4. The minimum Gasteiger partial charge on any atom is -0.352 e. The number of carbonyl (C=O) groups is 1. The number of rotatable bonds is 6. The van der Waals surface area contributed by atoms with Crippen LogP contribution in [0.4, 0.5) is 13.2 Å². The number of hydrogen-bond acceptors (Lipinski definition) is 7. The monoisotopic (exact) mass is 593 g/mol. The van der Waals surface area contributed by atoms with E-state index in [1.807, 2.05) is 57.0 Å². The first-order valence-corrected chi connectivity index (χ1v) is 14.9. The van der Waals surface area contributed by atoms with E-state index in [4.69, 9.17) is 0 Å². The van der Waals surface area contributed by atoms with E-state index in [-0.39, 0.29) is 25.0 Å². The Morgan fingerprint density at radius 3 is 2.61 bits per heavy atom. The van der Waals surface area contributed by atoms with Crippen molar-refractivity contribution >= 4 is 15.9 Å². The molecule has 14 heteroatoms. The minimum atomic E-state index is -5.41. The van der Waals surface area contributed by atoms with Gasteiger partial charge in [0.1, 0.15) is 5.70 Å². The van der Waals surface area contributed by atoms with Crippen LogP contribution in [0.2, 0.25) is 0 Å². The van der Waals surface area contributed by atoms with Crippen molar-refractivity contribution in [2.75, 3.05) is 6.54 Å². The Bertz CT molecular complexity index is 1560. The number of fused-ring (bicyclic) bond motifs is 2. The summed E-state index contributed by atoms with van der Waals surface area (Å²) in [4.78, 5) is 15.3. The maximum absolute atomic E-state index is 13.4. The van der Waals surface area contributed by atoms with Crippen LogP contribution in [0.1, 0.15) is 50.9 Å². The Kier molecular flexibility index (Phi) is 7.23. The van der Waals surface area contributed by atoms with Crippen LogP contribution in [0.15, 0.2) is 47.4 Å². The lowest BCUT2D eigenvalue weighted by molar-refractivity contribution is -0.119. The molecular formula is C27H34F3N7O3S. The predicted molar refractivity (Wildman–Crippen MR) is 147 cm³/mol. The van der Waals surface area contributed by atoms with Crippen molar-refractivity contribution in [1.82, 2.24) is 34.9 Å². The molecule has 0 radical (unpaired) electrons. The standard InChI is InChI=1S/C27H34F3N7O3S/c1-6-22-24(36-14-17(3)18(4)32-26(36,5)33-22)25(38)31-13-19-7-8-21(16(2)11-19)23-12-20-15-35(9-10-37(20)34-23)41(39,40)27(28,29)30/h7-8,11-12,14,18,32-33H,6,9-10,13,15H2,1-5H3,(H,31,38). The summed E-state index contributed by atoms with van der Waals surface area (Å²) in [6, 6.07) is 7.42. The van der Waals surface area contributed by atoms with Gasteiger partial charge < -0.3 is 15.5 Å². The maximum Gasteiger partial charge on any atom is 0.511 e. The first-order valence-electron chi connectivity index (χ1n) is 13.4. The second-order valence-electron chi connectivity index (χ2n) is 10.8. The third-order valence-electron chi connectivity index (χ3n) is 7.90. The average molecular weight is 594 g/mol. The van der Waals surface area contributed by atoms with Crippen LogP contribution in [-0.2, 0) is 34.5 Å². The molecule has 41 heavy (non-hydrogen) atoms. The second kappa shape index (κ2) is 10.2. The number of alkyl halides is 3. The molecule has 4 heterocycles. The molecule has 0 saturated carbocycles. The third kappa shape index (κ3) is 5.12. The number of hydrogen-bond donors (Lipinski definition) is 3. The SMILES string of the molecule is CCC1=C(C(=O)NCc2ccc(-c3cc4n(n3)CCN(S(=O)(=O)C(F)(F)F)C4)c(C)c2)N2C=C(C)C(C)NC2(C)N1. The highest BCUT2D eigenvalue weighted by atomic mass is 32.2. The molecule has 0 saturated heterocycles. The normalized spacial score (nSPS) is 23.2. The number of benzene rings is 1. The van der Waals surface area contributed by atoms with Gasteiger partial charge in [-0.3, -0.25) is 14.8 Å². The first kappa shape index (κ1) is 29.1. The molecule has 3 aliphatic rings. The number of amides is 1. The van der Waals surface area contributed by atoms with E-state index in [1.54, 1.807) is 10.7 Å². The minimum absolute atomic E-state index is 0.0253. The number of allylic oxidation sites excluding steroid dienone is 1. The van der Waals surface area contributed by atoms with Crippen LogP contribution in [0.5, 0.6) is 0 Å². The van der Waals surface area contributed by atoms with E-state index >= 15 is 0 Å². The van der Waals surface area contributed by atoms with Crippen LogP contribution >= 0.6 is 0 Å². The summed E-state index contributed by atoms with van der Waals surface area (Å²) in [7, 11) is -5.41. The van der Waals surface area contributed by atoms with Gasteiger partial charge in [-0.15, -0.1) is 0 Å². The summed E-state index contributed by atoms with van der Waals surface area (Å²) in [6.07, 6.45) is 2.67. The van der Waals surface area contributed by atoms with Gasteiger partial charge in [0.25, 0.3) is 5.91 Å². The molecule has 3 aliphatic heterocycles. The molecule has 1 aromatic carbocycles. The van der Waals surface area contributed by atoms with Crippen LogP contribution in [0.25, 0.3) is 11.3 Å². The number of carbonyl (C=O) groups excluding carboxylic acids is 1. The van der Waals surface area contributed by atoms with Crippen LogP contribution in [0, 0.1) is 6.92 Å². The highest BCUT2D eigenvalue weighted by Crippen LogP contribution is 2.34. The van der Waals surface area contributed by atoms with Crippen molar-refractivity contribution in [3.8, 4) is 11.3 Å².